The molecule has 3 aromatic rings. The number of aliphatic imine (C=N–C) groups is 1. The van der Waals surface area contributed by atoms with Gasteiger partial charge in [0.2, 0.25) is 0 Å². The summed E-state index contributed by atoms with van der Waals surface area (Å²) in [6, 6.07) is 12.2. The number of aromatic hydroxyl groups is 1. The fourth-order valence-electron chi connectivity index (χ4n) is 2.68. The Labute approximate surface area is 159 Å². The number of hydrogen-bond donors (Lipinski definition) is 1. The second-order valence-corrected chi connectivity index (χ2v) is 8.09. The number of fused-ring (bicyclic) bond motifs is 1. The molecule has 4 nitrogen and oxygen atoms in total. The summed E-state index contributed by atoms with van der Waals surface area (Å²) in [6.07, 6.45) is 1.21. The van der Waals surface area contributed by atoms with Crippen LogP contribution in [-0.4, -0.2) is 16.6 Å². The molecule has 0 fully saturated rings. The lowest BCUT2D eigenvalue weighted by Crippen LogP contribution is -2.22. The topological polar surface area (TPSA) is 45.1 Å². The van der Waals surface area contributed by atoms with Crippen LogP contribution in [0, 0.1) is 0 Å². The summed E-state index contributed by atoms with van der Waals surface area (Å²) in [5.41, 5.74) is 2.09. The van der Waals surface area contributed by atoms with Crippen LogP contribution in [-0.2, 0) is 11.4 Å². The summed E-state index contributed by atoms with van der Waals surface area (Å²) in [6.45, 7) is 0.618. The van der Waals surface area contributed by atoms with E-state index in [9.17, 15) is 5.11 Å². The molecular weight excluding hydrogens is 456 g/mol. The molecule has 0 bridgehead atoms. The average Bonchev–Trinajstić information content (AvgIpc) is 3.20. The van der Waals surface area contributed by atoms with Gasteiger partial charge in [-0.2, -0.15) is 0 Å². The molecule has 4 rings (SSSR count). The van der Waals surface area contributed by atoms with E-state index in [2.05, 4.69) is 66.5 Å². The highest BCUT2D eigenvalue weighted by Gasteiger charge is 2.26. The number of nitrogens with zero attached hydrogens (tertiary/aromatic N) is 2. The van der Waals surface area contributed by atoms with Crippen molar-refractivity contribution in [3.8, 4) is 5.75 Å². The van der Waals surface area contributed by atoms with Gasteiger partial charge in [-0.15, -0.1) is 16.4 Å². The highest BCUT2D eigenvalue weighted by Crippen LogP contribution is 2.38. The maximum atomic E-state index is 9.88. The molecule has 0 aliphatic carbocycles. The van der Waals surface area contributed by atoms with Crippen molar-refractivity contribution >= 4 is 59.7 Å². The van der Waals surface area contributed by atoms with Crippen LogP contribution in [0.1, 0.15) is 17.3 Å². The van der Waals surface area contributed by atoms with E-state index in [1.54, 1.807) is 11.3 Å². The number of rotatable bonds is 3. The number of hydrogen-bond acceptors (Lipinski definition) is 5. The Balaban J connectivity index is 1.61. The van der Waals surface area contributed by atoms with E-state index in [1.165, 1.54) is 16.5 Å². The van der Waals surface area contributed by atoms with Gasteiger partial charge in [0, 0.05) is 4.70 Å². The Morgan fingerprint density at radius 2 is 1.96 bits per heavy atom. The summed E-state index contributed by atoms with van der Waals surface area (Å²) >= 11 is 8.46. The van der Waals surface area contributed by atoms with Crippen molar-refractivity contribution in [3.05, 3.63) is 61.9 Å². The van der Waals surface area contributed by atoms with Crippen LogP contribution in [0.15, 0.2) is 55.7 Å². The van der Waals surface area contributed by atoms with Gasteiger partial charge >= 0.3 is 0 Å². The molecule has 24 heavy (non-hydrogen) atoms. The molecule has 1 aliphatic heterocycles. The Hall–Kier alpha value is -1.41. The first-order valence-corrected chi connectivity index (χ1v) is 9.67. The van der Waals surface area contributed by atoms with Crippen molar-refractivity contribution in [2.75, 3.05) is 0 Å². The number of phenols is 1. The van der Waals surface area contributed by atoms with Crippen LogP contribution in [0.5, 0.6) is 5.75 Å². The van der Waals surface area contributed by atoms with E-state index >= 15 is 0 Å². The lowest BCUT2D eigenvalue weighted by atomic mass is 10.1. The first-order valence-electron chi connectivity index (χ1n) is 7.21. The standard InChI is InChI=1S/C17H12Br2N2O2S/c18-13-6-12(7-14(19)16(13)22)17-20-9-23-21(17)8-10-1-2-15-11(5-10)3-4-24-15/h1-7,9,17,22H,8H2. The molecule has 7 heteroatoms. The van der Waals surface area contributed by atoms with Gasteiger partial charge in [-0.3, -0.25) is 0 Å². The Kier molecular flexibility index (Phi) is 4.34. The zero-order valence-electron chi connectivity index (χ0n) is 12.3. The molecule has 1 unspecified atom stereocenters. The largest absolute Gasteiger partial charge is 0.506 e. The lowest BCUT2D eigenvalue weighted by Gasteiger charge is -2.21. The van der Waals surface area contributed by atoms with Crippen molar-refractivity contribution in [1.29, 1.82) is 0 Å². The molecule has 1 atom stereocenters. The monoisotopic (exact) mass is 466 g/mol. The SMILES string of the molecule is Oc1c(Br)cc(C2N=CON2Cc2ccc3sccc3c2)cc1Br. The average molecular weight is 468 g/mol. The molecule has 0 spiro atoms. The first kappa shape index (κ1) is 16.1. The smallest absolute Gasteiger partial charge is 0.198 e. The van der Waals surface area contributed by atoms with Gasteiger partial charge in [0.25, 0.3) is 0 Å². The van der Waals surface area contributed by atoms with Crippen LogP contribution in [0.2, 0.25) is 0 Å². The van der Waals surface area contributed by atoms with E-state index in [1.807, 2.05) is 17.2 Å². The van der Waals surface area contributed by atoms with Crippen molar-refractivity contribution in [3.63, 3.8) is 0 Å². The Morgan fingerprint density at radius 1 is 1.17 bits per heavy atom. The van der Waals surface area contributed by atoms with E-state index < -0.39 is 0 Å². The van der Waals surface area contributed by atoms with Crippen molar-refractivity contribution in [2.24, 2.45) is 4.99 Å². The first-order chi connectivity index (χ1) is 11.6. The molecule has 0 amide bonds. The third-order valence-electron chi connectivity index (χ3n) is 3.85. The minimum Gasteiger partial charge on any atom is -0.506 e. The molecule has 0 saturated carbocycles. The second-order valence-electron chi connectivity index (χ2n) is 5.43. The maximum Gasteiger partial charge on any atom is 0.198 e. The Bertz CT molecular complexity index is 918. The summed E-state index contributed by atoms with van der Waals surface area (Å²) < 4.78 is 2.52. The van der Waals surface area contributed by atoms with E-state index in [0.717, 1.165) is 11.1 Å². The number of phenolic OH excluding ortho intramolecular Hbond substituents is 1. The minimum absolute atomic E-state index is 0.177. The van der Waals surface area contributed by atoms with Gasteiger partial charge in [0.15, 0.2) is 12.6 Å². The fraction of sp³-hybridized carbons (Fsp3) is 0.118. The number of hydroxylamine groups is 2. The van der Waals surface area contributed by atoms with Crippen LogP contribution < -0.4 is 0 Å². The number of benzene rings is 2. The van der Waals surface area contributed by atoms with Gasteiger partial charge in [-0.05, 0) is 84.1 Å². The maximum absolute atomic E-state index is 9.88. The van der Waals surface area contributed by atoms with Crippen LogP contribution in [0.3, 0.4) is 0 Å². The zero-order valence-corrected chi connectivity index (χ0v) is 16.3. The van der Waals surface area contributed by atoms with Crippen LogP contribution in [0.4, 0.5) is 0 Å². The van der Waals surface area contributed by atoms with Crippen molar-refractivity contribution in [1.82, 2.24) is 5.06 Å². The summed E-state index contributed by atoms with van der Waals surface area (Å²) in [4.78, 5) is 9.98. The van der Waals surface area contributed by atoms with Gasteiger partial charge in [0.05, 0.1) is 15.5 Å². The normalized spacial score (nSPS) is 17.5. The highest BCUT2D eigenvalue weighted by atomic mass is 79.9. The van der Waals surface area contributed by atoms with Gasteiger partial charge in [0.1, 0.15) is 5.75 Å². The van der Waals surface area contributed by atoms with Crippen LogP contribution >= 0.6 is 43.2 Å². The predicted molar refractivity (Wildman–Crippen MR) is 103 cm³/mol. The van der Waals surface area contributed by atoms with Crippen molar-refractivity contribution in [2.45, 2.75) is 12.7 Å². The highest BCUT2D eigenvalue weighted by molar-refractivity contribution is 9.11. The van der Waals surface area contributed by atoms with Crippen molar-refractivity contribution < 1.29 is 9.94 Å². The lowest BCUT2D eigenvalue weighted by molar-refractivity contribution is -0.0886. The predicted octanol–water partition coefficient (Wildman–Crippen LogP) is 5.61. The van der Waals surface area contributed by atoms with Gasteiger partial charge in [-0.1, -0.05) is 6.07 Å². The molecular formula is C17H12Br2N2O2S. The number of thiophene rings is 1. The molecule has 1 N–H and O–H groups in total. The van der Waals surface area contributed by atoms with Gasteiger partial charge < -0.3 is 9.94 Å². The zero-order chi connectivity index (χ0) is 16.7. The molecule has 122 valence electrons. The molecule has 1 aromatic heterocycles. The molecule has 0 saturated heterocycles. The summed E-state index contributed by atoms with van der Waals surface area (Å²) in [7, 11) is 0. The Morgan fingerprint density at radius 3 is 2.75 bits per heavy atom. The third kappa shape index (κ3) is 2.97. The molecule has 0 radical (unpaired) electrons. The molecule has 1 aliphatic rings. The second kappa shape index (κ2) is 6.48. The quantitative estimate of drug-likeness (QED) is 0.544. The van der Waals surface area contributed by atoms with E-state index in [4.69, 9.17) is 4.84 Å². The van der Waals surface area contributed by atoms with Crippen LogP contribution in [0.25, 0.3) is 10.1 Å². The molecule has 2 aromatic carbocycles. The minimum atomic E-state index is -0.253. The van der Waals surface area contributed by atoms with Gasteiger partial charge in [-0.25, -0.2) is 4.99 Å². The fourth-order valence-corrected chi connectivity index (χ4v) is 4.67. The molecule has 2 heterocycles. The summed E-state index contributed by atoms with van der Waals surface area (Å²) in [5, 5.41) is 15.0. The third-order valence-corrected chi connectivity index (χ3v) is 5.96. The number of halogens is 2. The van der Waals surface area contributed by atoms with E-state index in [-0.39, 0.29) is 11.9 Å². The van der Waals surface area contributed by atoms with E-state index in [0.29, 0.717) is 15.5 Å². The summed E-state index contributed by atoms with van der Waals surface area (Å²) in [5.74, 6) is 0.177.